The van der Waals surface area contributed by atoms with Crippen LogP contribution in [0.5, 0.6) is 0 Å². The van der Waals surface area contributed by atoms with Crippen LogP contribution in [0.25, 0.3) is 10.9 Å². The van der Waals surface area contributed by atoms with Gasteiger partial charge in [0.05, 0.1) is 11.1 Å². The maximum atomic E-state index is 11.5. The molecule has 4 nitrogen and oxygen atoms in total. The Labute approximate surface area is 125 Å². The third-order valence-electron chi connectivity index (χ3n) is 4.37. The van der Waals surface area contributed by atoms with Crippen molar-refractivity contribution in [3.63, 3.8) is 0 Å². The van der Waals surface area contributed by atoms with Crippen LogP contribution in [-0.4, -0.2) is 49.4 Å². The number of piperazine rings is 1. The van der Waals surface area contributed by atoms with E-state index in [1.54, 1.807) is 0 Å². The van der Waals surface area contributed by atoms with Crippen LogP contribution < -0.4 is 4.90 Å². The summed E-state index contributed by atoms with van der Waals surface area (Å²) in [7, 11) is 2.12. The molecule has 0 unspecified atom stereocenters. The van der Waals surface area contributed by atoms with Crippen LogP contribution >= 0.6 is 0 Å². The Bertz CT molecular complexity index is 688. The molecule has 0 saturated carbocycles. The molecule has 0 amide bonds. The van der Waals surface area contributed by atoms with Crippen molar-refractivity contribution < 1.29 is 4.79 Å². The highest BCUT2D eigenvalue weighted by Gasteiger charge is 2.19. The van der Waals surface area contributed by atoms with Gasteiger partial charge >= 0.3 is 0 Å². The van der Waals surface area contributed by atoms with Gasteiger partial charge < -0.3 is 9.80 Å². The van der Waals surface area contributed by atoms with E-state index in [1.165, 1.54) is 11.1 Å². The van der Waals surface area contributed by atoms with Gasteiger partial charge in [-0.15, -0.1) is 0 Å². The standard InChI is InChI=1S/C17H21N3O/c1-12-8-14-10-15(11-21)17(18-16(14)9-13(12)2)20-6-4-19(3)5-7-20/h8-11H,4-7H2,1-3H3. The maximum absolute atomic E-state index is 11.5. The lowest BCUT2D eigenvalue weighted by atomic mass is 10.0. The van der Waals surface area contributed by atoms with Gasteiger partial charge in [0.25, 0.3) is 0 Å². The van der Waals surface area contributed by atoms with Crippen LogP contribution in [0.2, 0.25) is 0 Å². The number of nitrogens with zero attached hydrogens (tertiary/aromatic N) is 3. The molecule has 0 bridgehead atoms. The predicted molar refractivity (Wildman–Crippen MR) is 86.3 cm³/mol. The second kappa shape index (κ2) is 5.45. The normalized spacial score (nSPS) is 16.4. The van der Waals surface area contributed by atoms with Crippen molar-refractivity contribution in [2.75, 3.05) is 38.1 Å². The number of benzene rings is 1. The Morgan fingerprint density at radius 1 is 1.05 bits per heavy atom. The molecule has 0 N–H and O–H groups in total. The number of rotatable bonds is 2. The minimum atomic E-state index is 0.690. The fourth-order valence-corrected chi connectivity index (χ4v) is 2.80. The van der Waals surface area contributed by atoms with Crippen molar-refractivity contribution in [1.82, 2.24) is 9.88 Å². The molecule has 1 saturated heterocycles. The Morgan fingerprint density at radius 2 is 1.71 bits per heavy atom. The SMILES string of the molecule is Cc1cc2cc(C=O)c(N3CCN(C)CC3)nc2cc1C. The first-order chi connectivity index (χ1) is 10.1. The van der Waals surface area contributed by atoms with E-state index in [0.717, 1.165) is 49.2 Å². The van der Waals surface area contributed by atoms with Crippen LogP contribution in [0.1, 0.15) is 21.5 Å². The highest BCUT2D eigenvalue weighted by Crippen LogP contribution is 2.25. The molecular weight excluding hydrogens is 262 g/mol. The first-order valence-corrected chi connectivity index (χ1v) is 7.39. The second-order valence-electron chi connectivity index (χ2n) is 5.94. The molecule has 3 rings (SSSR count). The lowest BCUT2D eigenvalue weighted by molar-refractivity contribution is 0.112. The molecule has 1 aromatic carbocycles. The van der Waals surface area contributed by atoms with E-state index in [1.807, 2.05) is 6.07 Å². The zero-order chi connectivity index (χ0) is 15.0. The van der Waals surface area contributed by atoms with Crippen LogP contribution in [-0.2, 0) is 0 Å². The fourth-order valence-electron chi connectivity index (χ4n) is 2.80. The number of aldehydes is 1. The van der Waals surface area contributed by atoms with Gasteiger partial charge in [-0.2, -0.15) is 0 Å². The van der Waals surface area contributed by atoms with E-state index in [0.29, 0.717) is 5.56 Å². The summed E-state index contributed by atoms with van der Waals surface area (Å²) in [6.45, 7) is 8.03. The quantitative estimate of drug-likeness (QED) is 0.793. The maximum Gasteiger partial charge on any atom is 0.153 e. The number of hydrogen-bond donors (Lipinski definition) is 0. The molecule has 0 atom stereocenters. The molecular formula is C17H21N3O. The van der Waals surface area contributed by atoms with Crippen molar-refractivity contribution >= 4 is 23.0 Å². The van der Waals surface area contributed by atoms with Crippen LogP contribution in [0.3, 0.4) is 0 Å². The second-order valence-corrected chi connectivity index (χ2v) is 5.94. The summed E-state index contributed by atoms with van der Waals surface area (Å²) < 4.78 is 0. The van der Waals surface area contributed by atoms with Gasteiger partial charge in [-0.05, 0) is 50.2 Å². The van der Waals surface area contributed by atoms with Gasteiger partial charge in [0.1, 0.15) is 5.82 Å². The van der Waals surface area contributed by atoms with E-state index in [9.17, 15) is 4.79 Å². The van der Waals surface area contributed by atoms with E-state index in [-0.39, 0.29) is 0 Å². The van der Waals surface area contributed by atoms with Crippen LogP contribution in [0, 0.1) is 13.8 Å². The number of aromatic nitrogens is 1. The molecule has 2 heterocycles. The largest absolute Gasteiger partial charge is 0.353 e. The van der Waals surface area contributed by atoms with Crippen molar-refractivity contribution in [3.05, 3.63) is 34.9 Å². The predicted octanol–water partition coefficient (Wildman–Crippen LogP) is 2.42. The van der Waals surface area contributed by atoms with Gasteiger partial charge in [-0.25, -0.2) is 4.98 Å². The third kappa shape index (κ3) is 2.63. The summed E-state index contributed by atoms with van der Waals surface area (Å²) in [6, 6.07) is 6.19. The average Bonchev–Trinajstić information content (AvgIpc) is 2.48. The van der Waals surface area contributed by atoms with Gasteiger partial charge in [0.15, 0.2) is 6.29 Å². The zero-order valence-electron chi connectivity index (χ0n) is 12.9. The summed E-state index contributed by atoms with van der Waals surface area (Å²) in [6.07, 6.45) is 0.926. The van der Waals surface area contributed by atoms with Crippen molar-refractivity contribution in [1.29, 1.82) is 0 Å². The average molecular weight is 283 g/mol. The summed E-state index contributed by atoms with van der Waals surface area (Å²) in [4.78, 5) is 20.7. The number of likely N-dealkylation sites (N-methyl/N-ethyl adjacent to an activating group) is 1. The topological polar surface area (TPSA) is 36.4 Å². The minimum Gasteiger partial charge on any atom is -0.353 e. The Kier molecular flexibility index (Phi) is 3.64. The molecule has 0 spiro atoms. The van der Waals surface area contributed by atoms with Crippen LogP contribution in [0.15, 0.2) is 18.2 Å². The summed E-state index contributed by atoms with van der Waals surface area (Å²) in [5, 5.41) is 1.04. The molecule has 1 aromatic heterocycles. The number of hydrogen-bond acceptors (Lipinski definition) is 4. The lowest BCUT2D eigenvalue weighted by Gasteiger charge is -2.33. The molecule has 2 aromatic rings. The summed E-state index contributed by atoms with van der Waals surface area (Å²) in [5.41, 5.74) is 4.12. The van der Waals surface area contributed by atoms with Gasteiger partial charge in [-0.3, -0.25) is 4.79 Å². The molecule has 1 fully saturated rings. The zero-order valence-corrected chi connectivity index (χ0v) is 12.9. The number of carbonyl (C=O) groups is 1. The van der Waals surface area contributed by atoms with Crippen molar-refractivity contribution in [2.24, 2.45) is 0 Å². The number of fused-ring (bicyclic) bond motifs is 1. The molecule has 0 radical (unpaired) electrons. The molecule has 21 heavy (non-hydrogen) atoms. The van der Waals surface area contributed by atoms with Gasteiger partial charge in [0, 0.05) is 31.6 Å². The van der Waals surface area contributed by atoms with Crippen molar-refractivity contribution in [3.8, 4) is 0 Å². The number of aryl methyl sites for hydroxylation is 2. The van der Waals surface area contributed by atoms with Gasteiger partial charge in [-0.1, -0.05) is 0 Å². The highest BCUT2D eigenvalue weighted by molar-refractivity contribution is 5.92. The molecule has 110 valence electrons. The van der Waals surface area contributed by atoms with Crippen molar-refractivity contribution in [2.45, 2.75) is 13.8 Å². The Balaban J connectivity index is 2.08. The Hall–Kier alpha value is -1.94. The lowest BCUT2D eigenvalue weighted by Crippen LogP contribution is -2.45. The van der Waals surface area contributed by atoms with Gasteiger partial charge in [0.2, 0.25) is 0 Å². The van der Waals surface area contributed by atoms with Crippen LogP contribution in [0.4, 0.5) is 5.82 Å². The molecule has 0 aliphatic carbocycles. The van der Waals surface area contributed by atoms with E-state index in [2.05, 4.69) is 42.8 Å². The number of carbonyl (C=O) groups excluding carboxylic acids is 1. The summed E-state index contributed by atoms with van der Waals surface area (Å²) in [5.74, 6) is 0.828. The third-order valence-corrected chi connectivity index (χ3v) is 4.37. The Morgan fingerprint density at radius 3 is 2.38 bits per heavy atom. The smallest absolute Gasteiger partial charge is 0.153 e. The van der Waals surface area contributed by atoms with E-state index in [4.69, 9.17) is 4.98 Å². The van der Waals surface area contributed by atoms with E-state index >= 15 is 0 Å². The molecule has 1 aliphatic rings. The number of pyridine rings is 1. The summed E-state index contributed by atoms with van der Waals surface area (Å²) >= 11 is 0. The minimum absolute atomic E-state index is 0.690. The first kappa shape index (κ1) is 14.0. The monoisotopic (exact) mass is 283 g/mol. The highest BCUT2D eigenvalue weighted by atomic mass is 16.1. The fraction of sp³-hybridized carbons (Fsp3) is 0.412. The molecule has 4 heteroatoms. The molecule has 1 aliphatic heterocycles. The number of anilines is 1. The van der Waals surface area contributed by atoms with E-state index < -0.39 is 0 Å². The first-order valence-electron chi connectivity index (χ1n) is 7.39.